The summed E-state index contributed by atoms with van der Waals surface area (Å²) in [5.74, 6) is 0. The summed E-state index contributed by atoms with van der Waals surface area (Å²) in [7, 11) is 2.07. The van der Waals surface area contributed by atoms with Crippen LogP contribution in [0.2, 0.25) is 0 Å². The van der Waals surface area contributed by atoms with E-state index in [4.69, 9.17) is 0 Å². The molecule has 1 heterocycles. The van der Waals surface area contributed by atoms with E-state index in [0.29, 0.717) is 0 Å². The van der Waals surface area contributed by atoms with Gasteiger partial charge in [-0.15, -0.1) is 0 Å². The number of hydrogen-bond acceptors (Lipinski definition) is 2. The van der Waals surface area contributed by atoms with Gasteiger partial charge >= 0.3 is 18.9 Å². The monoisotopic (exact) mass is 273 g/mol. The molecule has 0 radical (unpaired) electrons. The molecule has 3 rings (SSSR count). The molecule has 1 fully saturated rings. The van der Waals surface area contributed by atoms with Gasteiger partial charge < -0.3 is 10.0 Å². The number of likely N-dealkylation sites (tertiary alicyclic amines) is 1. The molecule has 2 aromatic rings. The van der Waals surface area contributed by atoms with Crippen molar-refractivity contribution in [2.24, 2.45) is 0 Å². The Kier molecular flexibility index (Phi) is 5.30. The Balaban J connectivity index is 0.00000161. The predicted molar refractivity (Wildman–Crippen MR) is 81.0 cm³/mol. The van der Waals surface area contributed by atoms with E-state index in [1.54, 1.807) is 0 Å². The molecular formula is C18H20LiNO. The molecule has 3 heteroatoms. The summed E-state index contributed by atoms with van der Waals surface area (Å²) in [6.45, 7) is 1.01. The van der Waals surface area contributed by atoms with Gasteiger partial charge in [-0.3, -0.25) is 0 Å². The molecule has 0 saturated carbocycles. The van der Waals surface area contributed by atoms with Gasteiger partial charge in [0.15, 0.2) is 0 Å². The standard InChI is InChI=1S/C18H20NO.Li/c1-19-14-8-13-17(19)18(20,15-9-4-2-5-10-15)16-11-6-3-7-12-16;/h2-7,9-12,20H,8,13-14H2,1H3;/q-1;+1. The van der Waals surface area contributed by atoms with Crippen LogP contribution < -0.4 is 18.9 Å². The Labute approximate surface area is 139 Å². The summed E-state index contributed by atoms with van der Waals surface area (Å²) in [5, 5.41) is 11.5. The molecular weight excluding hydrogens is 253 g/mol. The van der Waals surface area contributed by atoms with Crippen LogP contribution in [0.15, 0.2) is 60.7 Å². The van der Waals surface area contributed by atoms with E-state index in [1.807, 2.05) is 60.7 Å². The fourth-order valence-electron chi connectivity index (χ4n) is 3.13. The molecule has 21 heavy (non-hydrogen) atoms. The van der Waals surface area contributed by atoms with Crippen molar-refractivity contribution >= 4 is 0 Å². The van der Waals surface area contributed by atoms with Gasteiger partial charge in [0.2, 0.25) is 0 Å². The number of rotatable bonds is 3. The second-order valence-electron chi connectivity index (χ2n) is 5.41. The maximum absolute atomic E-state index is 11.5. The Morgan fingerprint density at radius 1 is 0.952 bits per heavy atom. The van der Waals surface area contributed by atoms with Crippen LogP contribution in [0.4, 0.5) is 0 Å². The van der Waals surface area contributed by atoms with Crippen LogP contribution in [0.5, 0.6) is 0 Å². The Hall–Kier alpha value is -1.04. The average Bonchev–Trinajstić information content (AvgIpc) is 2.95. The molecule has 1 N–H and O–H groups in total. The molecule has 1 aliphatic heterocycles. The molecule has 0 aromatic heterocycles. The second-order valence-corrected chi connectivity index (χ2v) is 5.41. The van der Waals surface area contributed by atoms with E-state index < -0.39 is 5.60 Å². The number of benzene rings is 2. The Bertz CT molecular complexity index is 518. The van der Waals surface area contributed by atoms with E-state index >= 15 is 0 Å². The van der Waals surface area contributed by atoms with E-state index in [0.717, 1.165) is 36.6 Å². The van der Waals surface area contributed by atoms with E-state index in [2.05, 4.69) is 11.9 Å². The first kappa shape index (κ1) is 16.3. The van der Waals surface area contributed by atoms with Gasteiger partial charge in [-0.1, -0.05) is 67.1 Å². The summed E-state index contributed by atoms with van der Waals surface area (Å²) in [6.07, 6.45) is 2.05. The van der Waals surface area contributed by atoms with E-state index in [-0.39, 0.29) is 18.9 Å². The van der Waals surface area contributed by atoms with Crippen molar-refractivity contribution in [2.75, 3.05) is 13.6 Å². The van der Waals surface area contributed by atoms with Crippen LogP contribution in [0.3, 0.4) is 0 Å². The van der Waals surface area contributed by atoms with Crippen molar-refractivity contribution in [3.8, 4) is 0 Å². The van der Waals surface area contributed by atoms with Crippen molar-refractivity contribution in [3.05, 3.63) is 77.8 Å². The molecule has 0 spiro atoms. The number of hydrogen-bond donors (Lipinski definition) is 1. The second kappa shape index (κ2) is 6.81. The van der Waals surface area contributed by atoms with Crippen LogP contribution in [-0.2, 0) is 5.60 Å². The minimum Gasteiger partial charge on any atom is -0.453 e. The van der Waals surface area contributed by atoms with Crippen molar-refractivity contribution in [1.82, 2.24) is 4.90 Å². The SMILES string of the molecule is CN1CCC[C-]1C(O)(c1ccccc1)c1ccccc1.[Li+]. The topological polar surface area (TPSA) is 23.5 Å². The number of nitrogens with zero attached hydrogens (tertiary/aromatic N) is 1. The van der Waals surface area contributed by atoms with Gasteiger partial charge in [0.1, 0.15) is 0 Å². The first-order valence-electron chi connectivity index (χ1n) is 7.14. The third-order valence-electron chi connectivity index (χ3n) is 4.17. The zero-order valence-electron chi connectivity index (χ0n) is 12.8. The normalized spacial score (nSPS) is 16.7. The van der Waals surface area contributed by atoms with Gasteiger partial charge in [-0.2, -0.15) is 6.42 Å². The predicted octanol–water partition coefficient (Wildman–Crippen LogP) is 0.184. The fourth-order valence-corrected chi connectivity index (χ4v) is 3.13. The summed E-state index contributed by atoms with van der Waals surface area (Å²) < 4.78 is 0. The average molecular weight is 273 g/mol. The summed E-state index contributed by atoms with van der Waals surface area (Å²) in [6, 6.07) is 21.0. The maximum Gasteiger partial charge on any atom is 1.00 e. The molecule has 0 bridgehead atoms. The molecule has 0 unspecified atom stereocenters. The van der Waals surface area contributed by atoms with Gasteiger partial charge in [-0.05, 0) is 24.7 Å². The molecule has 0 amide bonds. The van der Waals surface area contributed by atoms with Crippen LogP contribution >= 0.6 is 0 Å². The molecule has 0 atom stereocenters. The minimum absolute atomic E-state index is 0. The van der Waals surface area contributed by atoms with E-state index in [1.165, 1.54) is 0 Å². The smallest absolute Gasteiger partial charge is 0.453 e. The number of aliphatic hydroxyl groups is 1. The summed E-state index contributed by atoms with van der Waals surface area (Å²) in [4.78, 5) is 2.19. The molecule has 104 valence electrons. The fraction of sp³-hybridized carbons (Fsp3) is 0.278. The zero-order chi connectivity index (χ0) is 14.0. The third-order valence-corrected chi connectivity index (χ3v) is 4.17. The molecule has 1 aliphatic rings. The Morgan fingerprint density at radius 3 is 1.81 bits per heavy atom. The minimum atomic E-state index is -1.02. The number of likely N-dealkylation sites (N-methyl/N-ethyl adjacent to an activating group) is 1. The van der Waals surface area contributed by atoms with Crippen molar-refractivity contribution in [1.29, 1.82) is 0 Å². The van der Waals surface area contributed by atoms with Gasteiger partial charge in [0.25, 0.3) is 0 Å². The molecule has 0 aliphatic carbocycles. The summed E-state index contributed by atoms with van der Waals surface area (Å²) in [5.41, 5.74) is 0.859. The third kappa shape index (κ3) is 2.95. The van der Waals surface area contributed by atoms with Gasteiger partial charge in [0.05, 0.1) is 0 Å². The first-order chi connectivity index (χ1) is 9.73. The van der Waals surface area contributed by atoms with Crippen molar-refractivity contribution in [3.63, 3.8) is 0 Å². The zero-order valence-corrected chi connectivity index (χ0v) is 12.8. The maximum atomic E-state index is 11.5. The molecule has 1 saturated heterocycles. The van der Waals surface area contributed by atoms with E-state index in [9.17, 15) is 5.11 Å². The van der Waals surface area contributed by atoms with Crippen molar-refractivity contribution < 1.29 is 24.0 Å². The molecule has 2 aromatic carbocycles. The van der Waals surface area contributed by atoms with Gasteiger partial charge in [-0.25, -0.2) is 6.04 Å². The first-order valence-corrected chi connectivity index (χ1v) is 7.14. The van der Waals surface area contributed by atoms with Crippen LogP contribution in [0.25, 0.3) is 0 Å². The van der Waals surface area contributed by atoms with Gasteiger partial charge in [0, 0.05) is 5.60 Å². The summed E-state index contributed by atoms with van der Waals surface area (Å²) >= 11 is 0. The van der Waals surface area contributed by atoms with Crippen LogP contribution in [0, 0.1) is 6.04 Å². The quantitative estimate of drug-likeness (QED) is 0.637. The Morgan fingerprint density at radius 2 is 1.43 bits per heavy atom. The van der Waals surface area contributed by atoms with Crippen LogP contribution in [-0.4, -0.2) is 23.6 Å². The van der Waals surface area contributed by atoms with Crippen molar-refractivity contribution in [2.45, 2.75) is 18.4 Å². The molecule has 2 nitrogen and oxygen atoms in total. The largest absolute Gasteiger partial charge is 1.00 e. The van der Waals surface area contributed by atoms with Crippen LogP contribution in [0.1, 0.15) is 24.0 Å².